The van der Waals surface area contributed by atoms with Crippen LogP contribution in [0.3, 0.4) is 0 Å². The summed E-state index contributed by atoms with van der Waals surface area (Å²) in [5.41, 5.74) is 0.698. The van der Waals surface area contributed by atoms with Crippen molar-refractivity contribution in [2.75, 3.05) is 14.2 Å². The van der Waals surface area contributed by atoms with E-state index in [2.05, 4.69) is 0 Å². The van der Waals surface area contributed by atoms with Crippen LogP contribution in [0.25, 0.3) is 0 Å². The smallest absolute Gasteiger partial charge is 0.165 e. The lowest BCUT2D eigenvalue weighted by Crippen LogP contribution is -2.11. The molecule has 3 nitrogen and oxygen atoms in total. The lowest BCUT2D eigenvalue weighted by Gasteiger charge is -2.09. The van der Waals surface area contributed by atoms with Crippen LogP contribution in [0, 0.1) is 5.82 Å². The second-order valence-corrected chi connectivity index (χ2v) is 2.78. The van der Waals surface area contributed by atoms with Crippen LogP contribution in [-0.4, -0.2) is 24.4 Å². The second kappa shape index (κ2) is 4.20. The largest absolute Gasteiger partial charge is 0.494 e. The van der Waals surface area contributed by atoms with Gasteiger partial charge in [-0.25, -0.2) is 4.39 Å². The molecule has 1 aromatic rings. The van der Waals surface area contributed by atoms with Crippen molar-refractivity contribution < 1.29 is 14.3 Å². The highest BCUT2D eigenvalue weighted by Crippen LogP contribution is 2.17. The quantitative estimate of drug-likeness (QED) is 0.727. The van der Waals surface area contributed by atoms with Gasteiger partial charge in [-0.2, -0.15) is 5.06 Å². The minimum absolute atomic E-state index is 0.212. The van der Waals surface area contributed by atoms with Gasteiger partial charge in [0.15, 0.2) is 11.6 Å². The van der Waals surface area contributed by atoms with Crippen LogP contribution in [0.15, 0.2) is 18.2 Å². The minimum Gasteiger partial charge on any atom is -0.494 e. The summed E-state index contributed by atoms with van der Waals surface area (Å²) in [7, 11) is 2.92. The van der Waals surface area contributed by atoms with Crippen molar-refractivity contribution in [2.24, 2.45) is 0 Å². The van der Waals surface area contributed by atoms with Crippen LogP contribution in [0.1, 0.15) is 5.56 Å². The second-order valence-electron chi connectivity index (χ2n) is 2.78. The molecule has 4 heteroatoms. The highest BCUT2D eigenvalue weighted by Gasteiger charge is 2.03. The van der Waals surface area contributed by atoms with Gasteiger partial charge in [0.2, 0.25) is 0 Å². The molecule has 0 aliphatic carbocycles. The van der Waals surface area contributed by atoms with Crippen molar-refractivity contribution in [2.45, 2.75) is 6.54 Å². The van der Waals surface area contributed by atoms with E-state index in [0.717, 1.165) is 5.06 Å². The Hall–Kier alpha value is -1.13. The van der Waals surface area contributed by atoms with Crippen LogP contribution in [0.2, 0.25) is 0 Å². The molecule has 1 N–H and O–H groups in total. The van der Waals surface area contributed by atoms with E-state index in [1.165, 1.54) is 26.3 Å². The normalized spacial score (nSPS) is 10.5. The van der Waals surface area contributed by atoms with E-state index in [9.17, 15) is 4.39 Å². The Morgan fingerprint density at radius 2 is 2.23 bits per heavy atom. The van der Waals surface area contributed by atoms with Crippen LogP contribution in [-0.2, 0) is 6.54 Å². The molecule has 0 unspecified atom stereocenters. The third-order valence-electron chi connectivity index (χ3n) is 1.63. The van der Waals surface area contributed by atoms with Crippen molar-refractivity contribution in [1.29, 1.82) is 0 Å². The minimum atomic E-state index is -0.415. The summed E-state index contributed by atoms with van der Waals surface area (Å²) in [6, 6.07) is 4.58. The van der Waals surface area contributed by atoms with E-state index in [-0.39, 0.29) is 5.75 Å². The summed E-state index contributed by atoms with van der Waals surface area (Å²) in [4.78, 5) is 0. The predicted octanol–water partition coefficient (Wildman–Crippen LogP) is 1.66. The molecule has 0 amide bonds. The number of hydrogen-bond acceptors (Lipinski definition) is 3. The van der Waals surface area contributed by atoms with E-state index in [4.69, 9.17) is 9.94 Å². The Morgan fingerprint density at radius 3 is 2.69 bits per heavy atom. The van der Waals surface area contributed by atoms with Gasteiger partial charge in [-0.15, -0.1) is 0 Å². The first-order valence-electron chi connectivity index (χ1n) is 3.86. The molecule has 0 saturated carbocycles. The fourth-order valence-electron chi connectivity index (χ4n) is 1.07. The molecule has 1 aromatic carbocycles. The third kappa shape index (κ3) is 2.68. The van der Waals surface area contributed by atoms with Crippen molar-refractivity contribution in [3.05, 3.63) is 29.6 Å². The molecule has 0 saturated heterocycles. The number of halogens is 1. The molecule has 0 heterocycles. The number of hydroxylamine groups is 2. The topological polar surface area (TPSA) is 32.7 Å². The maximum absolute atomic E-state index is 13.1. The lowest BCUT2D eigenvalue weighted by molar-refractivity contribution is -0.0732. The highest BCUT2D eigenvalue weighted by molar-refractivity contribution is 5.29. The molecule has 0 aromatic heterocycles. The lowest BCUT2D eigenvalue weighted by atomic mass is 10.2. The zero-order valence-corrected chi connectivity index (χ0v) is 7.62. The average Bonchev–Trinajstić information content (AvgIpc) is 2.03. The van der Waals surface area contributed by atoms with E-state index in [1.807, 2.05) is 0 Å². The number of methoxy groups -OCH3 is 1. The summed E-state index contributed by atoms with van der Waals surface area (Å²) in [6.45, 7) is 0.293. The SMILES string of the molecule is COc1ccc(CN(C)O)cc1F. The molecule has 0 aliphatic heterocycles. The van der Waals surface area contributed by atoms with Crippen molar-refractivity contribution in [3.8, 4) is 5.75 Å². The van der Waals surface area contributed by atoms with Crippen LogP contribution in [0.4, 0.5) is 4.39 Å². The van der Waals surface area contributed by atoms with Crippen molar-refractivity contribution in [1.82, 2.24) is 5.06 Å². The Kier molecular flexibility index (Phi) is 3.22. The van der Waals surface area contributed by atoms with Gasteiger partial charge in [0.05, 0.1) is 7.11 Å². The number of rotatable bonds is 3. The van der Waals surface area contributed by atoms with Gasteiger partial charge in [0.25, 0.3) is 0 Å². The first-order valence-corrected chi connectivity index (χ1v) is 3.86. The van der Waals surface area contributed by atoms with Crippen LogP contribution < -0.4 is 4.74 Å². The number of benzene rings is 1. The molecular weight excluding hydrogens is 173 g/mol. The molecule has 72 valence electrons. The van der Waals surface area contributed by atoms with Crippen LogP contribution >= 0.6 is 0 Å². The molecule has 0 aliphatic rings. The van der Waals surface area contributed by atoms with Gasteiger partial charge in [-0.1, -0.05) is 6.07 Å². The van der Waals surface area contributed by atoms with E-state index in [0.29, 0.717) is 12.1 Å². The maximum Gasteiger partial charge on any atom is 0.165 e. The van der Waals surface area contributed by atoms with Crippen LogP contribution in [0.5, 0.6) is 5.75 Å². The first-order chi connectivity index (χ1) is 6.13. The zero-order chi connectivity index (χ0) is 9.84. The zero-order valence-electron chi connectivity index (χ0n) is 7.62. The molecule has 0 spiro atoms. The van der Waals surface area contributed by atoms with Gasteiger partial charge in [-0.05, 0) is 17.7 Å². The number of hydrogen-bond donors (Lipinski definition) is 1. The molecule has 0 atom stereocenters. The van der Waals surface area contributed by atoms with E-state index in [1.54, 1.807) is 6.07 Å². The van der Waals surface area contributed by atoms with Crippen molar-refractivity contribution in [3.63, 3.8) is 0 Å². The van der Waals surface area contributed by atoms with Gasteiger partial charge in [0, 0.05) is 13.6 Å². The standard InChI is InChI=1S/C9H12FNO2/c1-11(12)6-7-3-4-9(13-2)8(10)5-7/h3-5,12H,6H2,1-2H3. The summed E-state index contributed by atoms with van der Waals surface area (Å²) in [5, 5.41) is 9.89. The molecule has 0 bridgehead atoms. The Labute approximate surface area is 76.3 Å². The Morgan fingerprint density at radius 1 is 1.54 bits per heavy atom. The maximum atomic E-state index is 13.1. The molecule has 1 rings (SSSR count). The fraction of sp³-hybridized carbons (Fsp3) is 0.333. The third-order valence-corrected chi connectivity index (χ3v) is 1.63. The summed E-state index contributed by atoms with van der Waals surface area (Å²) >= 11 is 0. The summed E-state index contributed by atoms with van der Waals surface area (Å²) in [6.07, 6.45) is 0. The van der Waals surface area contributed by atoms with Gasteiger partial charge in [-0.3, -0.25) is 0 Å². The molecule has 13 heavy (non-hydrogen) atoms. The fourth-order valence-corrected chi connectivity index (χ4v) is 1.07. The summed E-state index contributed by atoms with van der Waals surface area (Å²) in [5.74, 6) is -0.203. The van der Waals surface area contributed by atoms with Gasteiger partial charge in [0.1, 0.15) is 0 Å². The summed E-state index contributed by atoms with van der Waals surface area (Å²) < 4.78 is 17.8. The van der Waals surface area contributed by atoms with Gasteiger partial charge >= 0.3 is 0 Å². The highest BCUT2D eigenvalue weighted by atomic mass is 19.1. The molecule has 0 fully saturated rings. The average molecular weight is 185 g/mol. The van der Waals surface area contributed by atoms with Gasteiger partial charge < -0.3 is 9.94 Å². The van der Waals surface area contributed by atoms with E-state index < -0.39 is 5.82 Å². The van der Waals surface area contributed by atoms with Crippen molar-refractivity contribution >= 4 is 0 Å². The molecular formula is C9H12FNO2. The van der Waals surface area contributed by atoms with E-state index >= 15 is 0 Å². The predicted molar refractivity (Wildman–Crippen MR) is 46.2 cm³/mol. The first kappa shape index (κ1) is 9.95. The Bertz CT molecular complexity index is 289. The monoisotopic (exact) mass is 185 g/mol. The molecule has 0 radical (unpaired) electrons. The number of nitrogens with zero attached hydrogens (tertiary/aromatic N) is 1. The number of ether oxygens (including phenoxy) is 1. The Balaban J connectivity index is 2.83.